The van der Waals surface area contributed by atoms with Crippen LogP contribution in [-0.4, -0.2) is 32.2 Å². The maximum Gasteiger partial charge on any atom is 0.309 e. The lowest BCUT2D eigenvalue weighted by Gasteiger charge is -2.07. The van der Waals surface area contributed by atoms with E-state index in [0.29, 0.717) is 28.3 Å². The number of hydrogen-bond acceptors (Lipinski definition) is 5. The van der Waals surface area contributed by atoms with Gasteiger partial charge in [-0.15, -0.1) is 0 Å². The number of carbonyl (C=O) groups excluding carboxylic acids is 1. The molecule has 2 rings (SSSR count). The van der Waals surface area contributed by atoms with E-state index in [1.807, 2.05) is 0 Å². The summed E-state index contributed by atoms with van der Waals surface area (Å²) in [5, 5.41) is 19.1. The lowest BCUT2D eigenvalue weighted by molar-refractivity contribution is -0.136. The van der Waals surface area contributed by atoms with Gasteiger partial charge in [-0.25, -0.2) is 0 Å². The molecule has 7 heteroatoms. The van der Waals surface area contributed by atoms with Gasteiger partial charge in [-0.1, -0.05) is 0 Å². The molecule has 108 valence electrons. The number of aromatic nitrogens is 3. The average molecular weight is 286 g/mol. The molecular formula is C14H14N4O3. The first-order valence-corrected chi connectivity index (χ1v) is 6.24. The predicted octanol–water partition coefficient (Wildman–Crippen LogP) is 1.37. The molecule has 2 N–H and O–H groups in total. The van der Waals surface area contributed by atoms with Gasteiger partial charge in [0, 0.05) is 0 Å². The third-order valence-corrected chi connectivity index (χ3v) is 2.76. The van der Waals surface area contributed by atoms with E-state index in [0.717, 1.165) is 0 Å². The summed E-state index contributed by atoms with van der Waals surface area (Å²) in [6, 6.07) is 4.83. The van der Waals surface area contributed by atoms with Crippen molar-refractivity contribution in [2.45, 2.75) is 20.3 Å². The van der Waals surface area contributed by atoms with Crippen molar-refractivity contribution in [1.82, 2.24) is 15.2 Å². The topological polar surface area (TPSA) is 105 Å². The fourth-order valence-corrected chi connectivity index (χ4v) is 1.74. The summed E-state index contributed by atoms with van der Waals surface area (Å²) in [6.45, 7) is 3.46. The number of carboxylic acids is 1. The predicted molar refractivity (Wildman–Crippen MR) is 75.0 cm³/mol. The number of anilines is 1. The third kappa shape index (κ3) is 3.82. The fraction of sp³-hybridized carbons (Fsp3) is 0.214. The Morgan fingerprint density at radius 3 is 2.62 bits per heavy atom. The van der Waals surface area contributed by atoms with Crippen molar-refractivity contribution in [3.05, 3.63) is 47.0 Å². The Labute approximate surface area is 121 Å². The van der Waals surface area contributed by atoms with Crippen LogP contribution in [0.1, 0.15) is 27.4 Å². The van der Waals surface area contributed by atoms with Gasteiger partial charge in [0.05, 0.1) is 41.0 Å². The van der Waals surface area contributed by atoms with Gasteiger partial charge < -0.3 is 10.4 Å². The molecule has 2 aromatic heterocycles. The Balaban J connectivity index is 2.12. The number of nitrogens with one attached hydrogen (secondary N) is 1. The Hall–Kier alpha value is -2.83. The first-order valence-electron chi connectivity index (χ1n) is 6.24. The number of nitrogens with zero attached hydrogens (tertiary/aromatic N) is 3. The van der Waals surface area contributed by atoms with Crippen molar-refractivity contribution < 1.29 is 14.7 Å². The van der Waals surface area contributed by atoms with Crippen LogP contribution in [0, 0.1) is 13.8 Å². The van der Waals surface area contributed by atoms with Crippen molar-refractivity contribution in [2.75, 3.05) is 5.32 Å². The van der Waals surface area contributed by atoms with E-state index in [4.69, 9.17) is 5.11 Å². The Morgan fingerprint density at radius 2 is 2.00 bits per heavy atom. The molecule has 0 aliphatic carbocycles. The van der Waals surface area contributed by atoms with Crippen molar-refractivity contribution in [1.29, 1.82) is 0 Å². The number of carboxylic acid groups (broad SMARTS) is 1. The molecule has 0 aliphatic rings. The van der Waals surface area contributed by atoms with Crippen LogP contribution in [-0.2, 0) is 11.2 Å². The minimum Gasteiger partial charge on any atom is -0.481 e. The van der Waals surface area contributed by atoms with E-state index in [-0.39, 0.29) is 12.3 Å². The maximum absolute atomic E-state index is 12.1. The van der Waals surface area contributed by atoms with Crippen molar-refractivity contribution >= 4 is 17.6 Å². The zero-order chi connectivity index (χ0) is 15.4. The number of carbonyl (C=O) groups is 2. The zero-order valence-electron chi connectivity index (χ0n) is 11.6. The van der Waals surface area contributed by atoms with Gasteiger partial charge in [0.25, 0.3) is 5.91 Å². The standard InChI is InChI=1S/C14H14N4O3/c1-8-5-12(9(2)18-17-8)14(21)16-11-4-3-10(15-7-11)6-13(19)20/h3-5,7H,6H2,1-2H3,(H,16,21)(H,19,20). The highest BCUT2D eigenvalue weighted by Gasteiger charge is 2.11. The second-order valence-corrected chi connectivity index (χ2v) is 4.55. The Kier molecular flexibility index (Phi) is 4.22. The highest BCUT2D eigenvalue weighted by molar-refractivity contribution is 6.04. The third-order valence-electron chi connectivity index (χ3n) is 2.76. The minimum absolute atomic E-state index is 0.152. The SMILES string of the molecule is Cc1cc(C(=O)Nc2ccc(CC(=O)O)nc2)c(C)nn1. The largest absolute Gasteiger partial charge is 0.481 e. The van der Waals surface area contributed by atoms with E-state index in [9.17, 15) is 9.59 Å². The normalized spacial score (nSPS) is 10.2. The molecule has 0 saturated heterocycles. The molecule has 0 radical (unpaired) electrons. The summed E-state index contributed by atoms with van der Waals surface area (Å²) in [6.07, 6.45) is 1.27. The quantitative estimate of drug-likeness (QED) is 0.879. The van der Waals surface area contributed by atoms with Crippen LogP contribution < -0.4 is 5.32 Å². The minimum atomic E-state index is -0.951. The molecule has 0 aliphatic heterocycles. The number of hydrogen-bond donors (Lipinski definition) is 2. The lowest BCUT2D eigenvalue weighted by atomic mass is 10.2. The molecule has 0 fully saturated rings. The molecule has 7 nitrogen and oxygen atoms in total. The molecule has 21 heavy (non-hydrogen) atoms. The summed E-state index contributed by atoms with van der Waals surface area (Å²) in [5.74, 6) is -1.26. The molecular weight excluding hydrogens is 272 g/mol. The fourth-order valence-electron chi connectivity index (χ4n) is 1.74. The van der Waals surface area contributed by atoms with Crippen LogP contribution in [0.2, 0.25) is 0 Å². The van der Waals surface area contributed by atoms with E-state index in [1.165, 1.54) is 6.20 Å². The second-order valence-electron chi connectivity index (χ2n) is 4.55. The van der Waals surface area contributed by atoms with Gasteiger partial charge in [0.1, 0.15) is 0 Å². The van der Waals surface area contributed by atoms with Gasteiger partial charge in [0.15, 0.2) is 0 Å². The number of aryl methyl sites for hydroxylation is 2. The highest BCUT2D eigenvalue weighted by atomic mass is 16.4. The highest BCUT2D eigenvalue weighted by Crippen LogP contribution is 2.11. The van der Waals surface area contributed by atoms with Crippen LogP contribution >= 0.6 is 0 Å². The molecule has 0 aromatic carbocycles. The van der Waals surface area contributed by atoms with Crippen molar-refractivity contribution in [3.63, 3.8) is 0 Å². The molecule has 0 unspecified atom stereocenters. The van der Waals surface area contributed by atoms with E-state index >= 15 is 0 Å². The van der Waals surface area contributed by atoms with E-state index in [1.54, 1.807) is 32.0 Å². The number of amides is 1. The molecule has 1 amide bonds. The van der Waals surface area contributed by atoms with Crippen LogP contribution in [0.3, 0.4) is 0 Å². The molecule has 0 saturated carbocycles. The van der Waals surface area contributed by atoms with Crippen LogP contribution in [0.5, 0.6) is 0 Å². The molecule has 2 aromatic rings. The Morgan fingerprint density at radius 1 is 1.24 bits per heavy atom. The van der Waals surface area contributed by atoms with Crippen molar-refractivity contribution in [2.24, 2.45) is 0 Å². The molecule has 0 bridgehead atoms. The number of rotatable bonds is 4. The van der Waals surface area contributed by atoms with Gasteiger partial charge in [0.2, 0.25) is 0 Å². The smallest absolute Gasteiger partial charge is 0.309 e. The summed E-state index contributed by atoms with van der Waals surface area (Å²) < 4.78 is 0. The first-order chi connectivity index (χ1) is 9.95. The van der Waals surface area contributed by atoms with E-state index in [2.05, 4.69) is 20.5 Å². The molecule has 0 spiro atoms. The lowest BCUT2D eigenvalue weighted by Crippen LogP contribution is -2.15. The average Bonchev–Trinajstić information content (AvgIpc) is 2.43. The van der Waals surface area contributed by atoms with Crippen molar-refractivity contribution in [3.8, 4) is 0 Å². The van der Waals surface area contributed by atoms with Gasteiger partial charge in [-0.05, 0) is 32.0 Å². The summed E-state index contributed by atoms with van der Waals surface area (Å²) in [4.78, 5) is 26.7. The van der Waals surface area contributed by atoms with Crippen LogP contribution in [0.25, 0.3) is 0 Å². The zero-order valence-corrected chi connectivity index (χ0v) is 11.6. The van der Waals surface area contributed by atoms with Gasteiger partial charge in [-0.3, -0.25) is 14.6 Å². The Bertz CT molecular complexity index is 683. The number of pyridine rings is 1. The molecule has 2 heterocycles. The summed E-state index contributed by atoms with van der Waals surface area (Å²) in [7, 11) is 0. The molecule has 0 atom stereocenters. The van der Waals surface area contributed by atoms with Gasteiger partial charge >= 0.3 is 5.97 Å². The maximum atomic E-state index is 12.1. The van der Waals surface area contributed by atoms with Crippen LogP contribution in [0.15, 0.2) is 24.4 Å². The summed E-state index contributed by atoms with van der Waals surface area (Å²) >= 11 is 0. The van der Waals surface area contributed by atoms with Crippen LogP contribution in [0.4, 0.5) is 5.69 Å². The monoisotopic (exact) mass is 286 g/mol. The van der Waals surface area contributed by atoms with Gasteiger partial charge in [-0.2, -0.15) is 10.2 Å². The number of aliphatic carboxylic acids is 1. The summed E-state index contributed by atoms with van der Waals surface area (Å²) in [5.41, 5.74) is 2.55. The second kappa shape index (κ2) is 6.08. The first kappa shape index (κ1) is 14.6. The van der Waals surface area contributed by atoms with E-state index < -0.39 is 5.97 Å².